The van der Waals surface area contributed by atoms with Gasteiger partial charge in [-0.05, 0) is 18.1 Å². The fraction of sp³-hybridized carbons (Fsp3) is 0.353. The van der Waals surface area contributed by atoms with E-state index in [-0.39, 0.29) is 12.5 Å². The number of nitrogens with zero attached hydrogens (tertiary/aromatic N) is 2. The molecule has 124 valence electrons. The molecule has 0 fully saturated rings. The molecule has 0 aliphatic carbocycles. The second-order valence-electron chi connectivity index (χ2n) is 5.45. The fourth-order valence-corrected chi connectivity index (χ4v) is 3.54. The summed E-state index contributed by atoms with van der Waals surface area (Å²) in [6.45, 7) is 8.29. The normalized spacial score (nSPS) is 11.2. The van der Waals surface area contributed by atoms with Gasteiger partial charge in [0.2, 0.25) is 0 Å². The summed E-state index contributed by atoms with van der Waals surface area (Å²) in [7, 11) is 0. The van der Waals surface area contributed by atoms with E-state index in [9.17, 15) is 13.9 Å². The van der Waals surface area contributed by atoms with Gasteiger partial charge in [-0.15, -0.1) is 6.58 Å². The number of benzene rings is 1. The molecule has 0 saturated carbocycles. The lowest BCUT2D eigenvalue weighted by Crippen LogP contribution is -2.05. The van der Waals surface area contributed by atoms with Crippen molar-refractivity contribution in [2.45, 2.75) is 42.7 Å². The summed E-state index contributed by atoms with van der Waals surface area (Å²) in [6.07, 6.45) is 2.16. The van der Waals surface area contributed by atoms with Crippen LogP contribution in [0.25, 0.3) is 0 Å². The van der Waals surface area contributed by atoms with E-state index in [0.29, 0.717) is 17.9 Å². The van der Waals surface area contributed by atoms with E-state index in [1.165, 1.54) is 23.9 Å². The molecule has 0 bridgehead atoms. The monoisotopic (exact) mass is 338 g/mol. The van der Waals surface area contributed by atoms with Gasteiger partial charge < -0.3 is 9.67 Å². The van der Waals surface area contributed by atoms with Crippen LogP contribution in [0.4, 0.5) is 8.78 Å². The van der Waals surface area contributed by atoms with Crippen molar-refractivity contribution in [2.75, 3.05) is 6.61 Å². The zero-order valence-electron chi connectivity index (χ0n) is 13.2. The number of allylic oxidation sites excluding steroid dienone is 1. The van der Waals surface area contributed by atoms with Crippen LogP contribution in [0.2, 0.25) is 0 Å². The van der Waals surface area contributed by atoms with E-state index < -0.39 is 11.6 Å². The number of imidazole rings is 1. The first kappa shape index (κ1) is 17.7. The summed E-state index contributed by atoms with van der Waals surface area (Å²) < 4.78 is 28.8. The number of rotatable bonds is 7. The molecule has 0 atom stereocenters. The summed E-state index contributed by atoms with van der Waals surface area (Å²) in [5.74, 6) is -0.317. The SMILES string of the molecule is C=CCn1c(CCO)nc(C(C)C)c1Sc1cc(F)cc(F)c1. The lowest BCUT2D eigenvalue weighted by molar-refractivity contribution is 0.294. The third-order valence-corrected chi connectivity index (χ3v) is 4.36. The van der Waals surface area contributed by atoms with Crippen LogP contribution in [0.3, 0.4) is 0 Å². The van der Waals surface area contributed by atoms with Crippen molar-refractivity contribution >= 4 is 11.8 Å². The summed E-state index contributed by atoms with van der Waals surface area (Å²) in [5.41, 5.74) is 0.852. The van der Waals surface area contributed by atoms with E-state index in [4.69, 9.17) is 0 Å². The van der Waals surface area contributed by atoms with Gasteiger partial charge in [0.05, 0.1) is 12.3 Å². The van der Waals surface area contributed by atoms with E-state index in [1.54, 1.807) is 6.08 Å². The van der Waals surface area contributed by atoms with Gasteiger partial charge in [-0.25, -0.2) is 13.8 Å². The van der Waals surface area contributed by atoms with Crippen molar-refractivity contribution in [2.24, 2.45) is 0 Å². The maximum Gasteiger partial charge on any atom is 0.127 e. The van der Waals surface area contributed by atoms with Crippen LogP contribution in [-0.2, 0) is 13.0 Å². The summed E-state index contributed by atoms with van der Waals surface area (Å²) in [6, 6.07) is 3.45. The van der Waals surface area contributed by atoms with E-state index >= 15 is 0 Å². The Morgan fingerprint density at radius 1 is 1.30 bits per heavy atom. The molecular formula is C17H20F2N2OS. The highest BCUT2D eigenvalue weighted by Gasteiger charge is 2.20. The van der Waals surface area contributed by atoms with Gasteiger partial charge in [-0.2, -0.15) is 0 Å². The van der Waals surface area contributed by atoms with Crippen LogP contribution < -0.4 is 0 Å². The van der Waals surface area contributed by atoms with Gasteiger partial charge in [0.1, 0.15) is 22.5 Å². The smallest absolute Gasteiger partial charge is 0.127 e. The van der Waals surface area contributed by atoms with Crippen molar-refractivity contribution in [1.82, 2.24) is 9.55 Å². The molecule has 0 radical (unpaired) electrons. The molecule has 0 aliphatic heterocycles. The molecular weight excluding hydrogens is 318 g/mol. The predicted molar refractivity (Wildman–Crippen MR) is 87.8 cm³/mol. The van der Waals surface area contributed by atoms with E-state index in [1.807, 2.05) is 18.4 Å². The average molecular weight is 338 g/mol. The van der Waals surface area contributed by atoms with Crippen LogP contribution in [0.5, 0.6) is 0 Å². The summed E-state index contributed by atoms with van der Waals surface area (Å²) >= 11 is 1.28. The number of hydrogen-bond acceptors (Lipinski definition) is 3. The maximum absolute atomic E-state index is 13.4. The molecule has 23 heavy (non-hydrogen) atoms. The van der Waals surface area contributed by atoms with Crippen LogP contribution >= 0.6 is 11.8 Å². The summed E-state index contributed by atoms with van der Waals surface area (Å²) in [5, 5.41) is 10.1. The first-order valence-electron chi connectivity index (χ1n) is 7.41. The van der Waals surface area contributed by atoms with Crippen LogP contribution in [0, 0.1) is 11.6 Å². The molecule has 0 unspecified atom stereocenters. The molecule has 2 rings (SSSR count). The molecule has 2 aromatic rings. The van der Waals surface area contributed by atoms with Gasteiger partial charge >= 0.3 is 0 Å². The molecule has 6 heteroatoms. The van der Waals surface area contributed by atoms with Crippen LogP contribution in [0.1, 0.15) is 31.3 Å². The van der Waals surface area contributed by atoms with Gasteiger partial charge in [-0.3, -0.25) is 0 Å². The Bertz CT molecular complexity index is 678. The summed E-state index contributed by atoms with van der Waals surface area (Å²) in [4.78, 5) is 5.08. The Hall–Kier alpha value is -1.66. The molecule has 0 aliphatic rings. The van der Waals surface area contributed by atoms with Gasteiger partial charge in [-0.1, -0.05) is 31.7 Å². The molecule has 0 amide bonds. The van der Waals surface area contributed by atoms with Crippen molar-refractivity contribution in [1.29, 1.82) is 0 Å². The molecule has 0 saturated heterocycles. The largest absolute Gasteiger partial charge is 0.396 e. The molecule has 0 spiro atoms. The van der Waals surface area contributed by atoms with E-state index in [2.05, 4.69) is 11.6 Å². The predicted octanol–water partition coefficient (Wildman–Crippen LogP) is 4.16. The van der Waals surface area contributed by atoms with Crippen molar-refractivity contribution in [3.05, 3.63) is 54.0 Å². The minimum Gasteiger partial charge on any atom is -0.396 e. The van der Waals surface area contributed by atoms with Crippen molar-refractivity contribution in [3.63, 3.8) is 0 Å². The molecule has 1 N–H and O–H groups in total. The van der Waals surface area contributed by atoms with Gasteiger partial charge in [0, 0.05) is 23.9 Å². The highest BCUT2D eigenvalue weighted by molar-refractivity contribution is 7.99. The highest BCUT2D eigenvalue weighted by Crippen LogP contribution is 2.35. The quantitative estimate of drug-likeness (QED) is 0.771. The Balaban J connectivity index is 2.50. The number of aliphatic hydroxyl groups excluding tert-OH is 1. The first-order valence-corrected chi connectivity index (χ1v) is 8.23. The molecule has 1 aromatic heterocycles. The third-order valence-electron chi connectivity index (χ3n) is 3.27. The Morgan fingerprint density at radius 3 is 2.48 bits per heavy atom. The highest BCUT2D eigenvalue weighted by atomic mass is 32.2. The third kappa shape index (κ3) is 4.20. The van der Waals surface area contributed by atoms with E-state index in [0.717, 1.165) is 22.6 Å². The molecule has 1 heterocycles. The molecule has 1 aromatic carbocycles. The number of aromatic nitrogens is 2. The average Bonchev–Trinajstić information content (AvgIpc) is 2.77. The van der Waals surface area contributed by atoms with Gasteiger partial charge in [0.25, 0.3) is 0 Å². The topological polar surface area (TPSA) is 38.0 Å². The van der Waals surface area contributed by atoms with Gasteiger partial charge in [0.15, 0.2) is 0 Å². The van der Waals surface area contributed by atoms with Crippen LogP contribution in [0.15, 0.2) is 40.8 Å². The minimum absolute atomic E-state index is 0.00953. The Kier molecular flexibility index (Phi) is 5.96. The zero-order valence-corrected chi connectivity index (χ0v) is 14.0. The Labute approximate surface area is 139 Å². The Morgan fingerprint density at radius 2 is 1.96 bits per heavy atom. The maximum atomic E-state index is 13.4. The number of halogens is 2. The van der Waals surface area contributed by atoms with Crippen molar-refractivity contribution in [3.8, 4) is 0 Å². The minimum atomic E-state index is -0.607. The van der Waals surface area contributed by atoms with Crippen LogP contribution in [-0.4, -0.2) is 21.3 Å². The van der Waals surface area contributed by atoms with Crippen molar-refractivity contribution < 1.29 is 13.9 Å². The number of aliphatic hydroxyl groups is 1. The second kappa shape index (κ2) is 7.75. The standard InChI is InChI=1S/C17H20F2N2OS/c1-4-6-21-15(5-7-22)20-16(11(2)3)17(21)23-14-9-12(18)8-13(19)10-14/h4,8-11,22H,1,5-7H2,2-3H3. The lowest BCUT2D eigenvalue weighted by atomic mass is 10.1. The zero-order chi connectivity index (χ0) is 17.0. The number of hydrogen-bond donors (Lipinski definition) is 1. The fourth-order valence-electron chi connectivity index (χ4n) is 2.29. The molecule has 3 nitrogen and oxygen atoms in total. The first-order chi connectivity index (χ1) is 11.0. The second-order valence-corrected chi connectivity index (χ2v) is 6.52. The lowest BCUT2D eigenvalue weighted by Gasteiger charge is -2.11.